The lowest BCUT2D eigenvalue weighted by atomic mass is 9.95. The van der Waals surface area contributed by atoms with E-state index >= 15 is 0 Å². The van der Waals surface area contributed by atoms with E-state index in [-0.39, 0.29) is 17.7 Å². The second-order valence-corrected chi connectivity index (χ2v) is 6.91. The van der Waals surface area contributed by atoms with Gasteiger partial charge in [0.1, 0.15) is 0 Å². The average Bonchev–Trinajstić information content (AvgIpc) is 2.95. The van der Waals surface area contributed by atoms with Gasteiger partial charge in [0.25, 0.3) is 0 Å². The van der Waals surface area contributed by atoms with Gasteiger partial charge in [0.15, 0.2) is 0 Å². The zero-order valence-electron chi connectivity index (χ0n) is 13.7. The Morgan fingerprint density at radius 1 is 1.23 bits per heavy atom. The second kappa shape index (κ2) is 6.48. The minimum atomic E-state index is -0.455. The van der Waals surface area contributed by atoms with E-state index in [0.717, 1.165) is 30.8 Å². The monoisotopic (exact) mass is 303 g/mol. The molecule has 120 valence electrons. The van der Waals surface area contributed by atoms with Gasteiger partial charge >= 0.3 is 0 Å². The van der Waals surface area contributed by atoms with Crippen LogP contribution in [0.1, 0.15) is 32.8 Å². The van der Waals surface area contributed by atoms with E-state index in [1.807, 2.05) is 45.9 Å². The summed E-state index contributed by atoms with van der Waals surface area (Å²) in [5.41, 5.74) is 1.98. The van der Waals surface area contributed by atoms with E-state index in [4.69, 9.17) is 0 Å². The lowest BCUT2D eigenvalue weighted by Gasteiger charge is -2.19. The Morgan fingerprint density at radius 3 is 2.55 bits per heavy atom. The van der Waals surface area contributed by atoms with Gasteiger partial charge in [-0.15, -0.1) is 0 Å². The molecule has 1 aliphatic rings. The number of nitrogens with one attached hydrogen (secondary N) is 3. The van der Waals surface area contributed by atoms with Crippen LogP contribution in [0.3, 0.4) is 0 Å². The average molecular weight is 303 g/mol. The Bertz CT molecular complexity index is 570. The standard InChI is InChI=1S/C17H25N3O2/c1-11-5-6-13(19-16(22)17(2,3)4)9-14(11)20-15(21)12-7-8-18-10-12/h5-6,9,12,18H,7-8,10H2,1-4H3,(H,19,22)(H,20,21). The van der Waals surface area contributed by atoms with Crippen molar-refractivity contribution in [3.8, 4) is 0 Å². The van der Waals surface area contributed by atoms with Crippen LogP contribution < -0.4 is 16.0 Å². The summed E-state index contributed by atoms with van der Waals surface area (Å²) >= 11 is 0. The SMILES string of the molecule is Cc1ccc(NC(=O)C(C)(C)C)cc1NC(=O)C1CCNC1. The molecule has 0 aliphatic carbocycles. The van der Waals surface area contributed by atoms with Gasteiger partial charge in [0.2, 0.25) is 11.8 Å². The van der Waals surface area contributed by atoms with Crippen molar-refractivity contribution in [3.63, 3.8) is 0 Å². The van der Waals surface area contributed by atoms with Crippen LogP contribution in [0.5, 0.6) is 0 Å². The fourth-order valence-electron chi connectivity index (χ4n) is 2.27. The summed E-state index contributed by atoms with van der Waals surface area (Å²) in [6.45, 7) is 9.16. The predicted molar refractivity (Wildman–Crippen MR) is 88.9 cm³/mol. The molecule has 22 heavy (non-hydrogen) atoms. The highest BCUT2D eigenvalue weighted by Gasteiger charge is 2.23. The number of hydrogen-bond donors (Lipinski definition) is 3. The number of anilines is 2. The van der Waals surface area contributed by atoms with Crippen molar-refractivity contribution in [1.82, 2.24) is 5.32 Å². The molecule has 1 unspecified atom stereocenters. The van der Waals surface area contributed by atoms with Crippen LogP contribution in [0.4, 0.5) is 11.4 Å². The molecule has 2 rings (SSSR count). The summed E-state index contributed by atoms with van der Waals surface area (Å²) in [7, 11) is 0. The summed E-state index contributed by atoms with van der Waals surface area (Å²) in [4.78, 5) is 24.3. The van der Waals surface area contributed by atoms with Gasteiger partial charge in [-0.2, -0.15) is 0 Å². The third-order valence-electron chi connectivity index (χ3n) is 3.87. The van der Waals surface area contributed by atoms with Crippen molar-refractivity contribution in [1.29, 1.82) is 0 Å². The first-order chi connectivity index (χ1) is 10.3. The third kappa shape index (κ3) is 4.07. The molecule has 0 bridgehead atoms. The molecule has 0 saturated carbocycles. The molecule has 5 heteroatoms. The highest BCUT2D eigenvalue weighted by Crippen LogP contribution is 2.24. The Morgan fingerprint density at radius 2 is 1.95 bits per heavy atom. The van der Waals surface area contributed by atoms with Crippen molar-refractivity contribution < 1.29 is 9.59 Å². The van der Waals surface area contributed by atoms with E-state index in [0.29, 0.717) is 5.69 Å². The van der Waals surface area contributed by atoms with Crippen molar-refractivity contribution >= 4 is 23.2 Å². The molecule has 1 fully saturated rings. The molecular weight excluding hydrogens is 278 g/mol. The first-order valence-corrected chi connectivity index (χ1v) is 7.71. The maximum absolute atomic E-state index is 12.2. The van der Waals surface area contributed by atoms with Crippen LogP contribution >= 0.6 is 0 Å². The van der Waals surface area contributed by atoms with Gasteiger partial charge < -0.3 is 16.0 Å². The summed E-state index contributed by atoms with van der Waals surface area (Å²) in [5, 5.41) is 9.05. The van der Waals surface area contributed by atoms with E-state index in [9.17, 15) is 9.59 Å². The second-order valence-electron chi connectivity index (χ2n) is 6.91. The summed E-state index contributed by atoms with van der Waals surface area (Å²) in [6, 6.07) is 5.58. The van der Waals surface area contributed by atoms with Crippen LogP contribution in [0.15, 0.2) is 18.2 Å². The molecular formula is C17H25N3O2. The summed E-state index contributed by atoms with van der Waals surface area (Å²) in [6.07, 6.45) is 0.866. The Kier molecular flexibility index (Phi) is 4.86. The highest BCUT2D eigenvalue weighted by atomic mass is 16.2. The fraction of sp³-hybridized carbons (Fsp3) is 0.529. The van der Waals surface area contributed by atoms with E-state index in [2.05, 4.69) is 16.0 Å². The van der Waals surface area contributed by atoms with Gasteiger partial charge in [-0.3, -0.25) is 9.59 Å². The van der Waals surface area contributed by atoms with Crippen LogP contribution in [0.25, 0.3) is 0 Å². The molecule has 1 saturated heterocycles. The zero-order chi connectivity index (χ0) is 16.3. The molecule has 1 aliphatic heterocycles. The summed E-state index contributed by atoms with van der Waals surface area (Å²) in [5.74, 6) is 0.00763. The molecule has 3 N–H and O–H groups in total. The molecule has 0 radical (unpaired) electrons. The van der Waals surface area contributed by atoms with Crippen molar-refractivity contribution in [2.75, 3.05) is 23.7 Å². The Hall–Kier alpha value is -1.88. The number of carbonyl (C=O) groups excluding carboxylic acids is 2. The molecule has 5 nitrogen and oxygen atoms in total. The number of carbonyl (C=O) groups is 2. The van der Waals surface area contributed by atoms with Gasteiger partial charge in [0, 0.05) is 23.3 Å². The largest absolute Gasteiger partial charge is 0.326 e. The number of hydrogen-bond acceptors (Lipinski definition) is 3. The Balaban J connectivity index is 2.09. The van der Waals surface area contributed by atoms with E-state index in [1.54, 1.807) is 0 Å². The molecule has 0 spiro atoms. The van der Waals surface area contributed by atoms with Crippen LogP contribution in [0, 0.1) is 18.3 Å². The Labute approximate surface area is 131 Å². The minimum Gasteiger partial charge on any atom is -0.326 e. The van der Waals surface area contributed by atoms with Gasteiger partial charge in [-0.1, -0.05) is 26.8 Å². The van der Waals surface area contributed by atoms with Crippen molar-refractivity contribution in [2.45, 2.75) is 34.1 Å². The van der Waals surface area contributed by atoms with Crippen molar-refractivity contribution in [2.24, 2.45) is 11.3 Å². The molecule has 1 heterocycles. The molecule has 2 amide bonds. The maximum Gasteiger partial charge on any atom is 0.229 e. The van der Waals surface area contributed by atoms with Crippen molar-refractivity contribution in [3.05, 3.63) is 23.8 Å². The van der Waals surface area contributed by atoms with Crippen LogP contribution in [0.2, 0.25) is 0 Å². The lowest BCUT2D eigenvalue weighted by Crippen LogP contribution is -2.28. The number of amides is 2. The highest BCUT2D eigenvalue weighted by molar-refractivity contribution is 5.97. The van der Waals surface area contributed by atoms with Crippen LogP contribution in [-0.2, 0) is 9.59 Å². The minimum absolute atomic E-state index is 0.0206. The first-order valence-electron chi connectivity index (χ1n) is 7.71. The lowest BCUT2D eigenvalue weighted by molar-refractivity contribution is -0.123. The zero-order valence-corrected chi connectivity index (χ0v) is 13.7. The van der Waals surface area contributed by atoms with Crippen LogP contribution in [-0.4, -0.2) is 24.9 Å². The van der Waals surface area contributed by atoms with Gasteiger partial charge in [0.05, 0.1) is 5.92 Å². The first kappa shape index (κ1) is 16.5. The maximum atomic E-state index is 12.2. The summed E-state index contributed by atoms with van der Waals surface area (Å²) < 4.78 is 0. The predicted octanol–water partition coefficient (Wildman–Crippen LogP) is 2.53. The van der Waals surface area contributed by atoms with Gasteiger partial charge in [-0.25, -0.2) is 0 Å². The van der Waals surface area contributed by atoms with E-state index < -0.39 is 5.41 Å². The van der Waals surface area contributed by atoms with E-state index in [1.165, 1.54) is 0 Å². The molecule has 1 aromatic rings. The topological polar surface area (TPSA) is 70.2 Å². The number of rotatable bonds is 3. The fourth-order valence-corrected chi connectivity index (χ4v) is 2.27. The number of benzene rings is 1. The quantitative estimate of drug-likeness (QED) is 0.803. The molecule has 0 aromatic heterocycles. The number of aryl methyl sites for hydroxylation is 1. The normalized spacial score (nSPS) is 18.1. The molecule has 1 atom stereocenters. The third-order valence-corrected chi connectivity index (χ3v) is 3.87. The smallest absolute Gasteiger partial charge is 0.229 e. The van der Waals surface area contributed by atoms with Gasteiger partial charge in [-0.05, 0) is 37.6 Å². The molecule has 1 aromatic carbocycles.